The molecule has 10 nitrogen and oxygen atoms in total. The van der Waals surface area contributed by atoms with Crippen molar-refractivity contribution < 1.29 is 24.3 Å². The van der Waals surface area contributed by atoms with Crippen molar-refractivity contribution in [3.63, 3.8) is 0 Å². The molecule has 5 amide bonds. The number of hydrogen-bond acceptors (Lipinski definition) is 4. The fraction of sp³-hybridized carbons (Fsp3) is 0.636. The van der Waals surface area contributed by atoms with E-state index in [2.05, 4.69) is 16.0 Å². The first-order chi connectivity index (χ1) is 9.97. The van der Waals surface area contributed by atoms with Gasteiger partial charge in [0.15, 0.2) is 0 Å². The third kappa shape index (κ3) is 3.74. The summed E-state index contributed by atoms with van der Waals surface area (Å²) in [6.07, 6.45) is 0. The number of hydrogen-bond donors (Lipinski definition) is 4. The number of amides is 5. The van der Waals surface area contributed by atoms with Gasteiger partial charge in [0, 0.05) is 26.2 Å². The summed E-state index contributed by atoms with van der Waals surface area (Å²) in [6.45, 7) is 0.988. The molecule has 2 aliphatic heterocycles. The topological polar surface area (TPSA) is 131 Å². The minimum Gasteiger partial charge on any atom is -0.480 e. The molecule has 0 bridgehead atoms. The lowest BCUT2D eigenvalue weighted by molar-refractivity contribution is -0.137. The van der Waals surface area contributed by atoms with Crippen molar-refractivity contribution in [3.05, 3.63) is 0 Å². The van der Waals surface area contributed by atoms with Crippen LogP contribution in [0.25, 0.3) is 0 Å². The van der Waals surface area contributed by atoms with Gasteiger partial charge < -0.3 is 30.9 Å². The van der Waals surface area contributed by atoms with E-state index >= 15 is 0 Å². The number of aliphatic carboxylic acids is 1. The monoisotopic (exact) mass is 299 g/mol. The Morgan fingerprint density at radius 2 is 2.00 bits per heavy atom. The van der Waals surface area contributed by atoms with Gasteiger partial charge in [-0.1, -0.05) is 0 Å². The lowest BCUT2D eigenvalue weighted by Gasteiger charge is -2.36. The van der Waals surface area contributed by atoms with E-state index in [1.807, 2.05) is 0 Å². The number of nitrogens with one attached hydrogen (secondary N) is 3. The van der Waals surface area contributed by atoms with Gasteiger partial charge >= 0.3 is 18.0 Å². The van der Waals surface area contributed by atoms with Crippen LogP contribution < -0.4 is 16.0 Å². The second kappa shape index (κ2) is 6.29. The zero-order valence-corrected chi connectivity index (χ0v) is 11.3. The molecule has 1 unspecified atom stereocenters. The van der Waals surface area contributed by atoms with Crippen LogP contribution in [0.3, 0.4) is 0 Å². The molecule has 0 aromatic carbocycles. The van der Waals surface area contributed by atoms with Crippen molar-refractivity contribution in [2.45, 2.75) is 6.04 Å². The normalized spacial score (nSPS) is 20.6. The second-order valence-electron chi connectivity index (χ2n) is 4.81. The molecule has 2 fully saturated rings. The number of carbonyl (C=O) groups excluding carboxylic acids is 3. The van der Waals surface area contributed by atoms with E-state index in [1.165, 1.54) is 4.90 Å². The number of carbonyl (C=O) groups is 4. The zero-order valence-electron chi connectivity index (χ0n) is 11.3. The molecule has 2 heterocycles. The summed E-state index contributed by atoms with van der Waals surface area (Å²) in [5.41, 5.74) is 0. The van der Waals surface area contributed by atoms with E-state index in [0.717, 1.165) is 0 Å². The van der Waals surface area contributed by atoms with E-state index in [9.17, 15) is 19.2 Å². The van der Waals surface area contributed by atoms with E-state index in [4.69, 9.17) is 5.11 Å². The average Bonchev–Trinajstić information content (AvgIpc) is 2.83. The average molecular weight is 299 g/mol. The van der Waals surface area contributed by atoms with Gasteiger partial charge in [0.1, 0.15) is 6.54 Å². The maximum absolute atomic E-state index is 11.9. The predicted octanol–water partition coefficient (Wildman–Crippen LogP) is -2.39. The fourth-order valence-electron chi connectivity index (χ4n) is 2.29. The van der Waals surface area contributed by atoms with Crippen molar-refractivity contribution in [1.82, 2.24) is 25.8 Å². The highest BCUT2D eigenvalue weighted by Gasteiger charge is 2.36. The Labute approximate surface area is 120 Å². The number of carboxylic acids is 1. The molecule has 10 heteroatoms. The smallest absolute Gasteiger partial charge is 0.322 e. The van der Waals surface area contributed by atoms with Gasteiger partial charge in [-0.05, 0) is 0 Å². The number of rotatable bonds is 4. The molecule has 0 saturated carbocycles. The molecule has 116 valence electrons. The van der Waals surface area contributed by atoms with Gasteiger partial charge in [0.25, 0.3) is 0 Å². The molecule has 0 aromatic rings. The summed E-state index contributed by atoms with van der Waals surface area (Å²) in [5, 5.41) is 15.7. The van der Waals surface area contributed by atoms with Crippen molar-refractivity contribution in [1.29, 1.82) is 0 Å². The molecule has 0 radical (unpaired) electrons. The Bertz CT molecular complexity index is 468. The van der Waals surface area contributed by atoms with Gasteiger partial charge in [0.2, 0.25) is 5.91 Å². The molecule has 21 heavy (non-hydrogen) atoms. The number of fused-ring (bicyclic) bond motifs is 1. The van der Waals surface area contributed by atoms with Crippen LogP contribution in [0, 0.1) is 0 Å². The van der Waals surface area contributed by atoms with Gasteiger partial charge in [-0.15, -0.1) is 0 Å². The molecule has 2 rings (SSSR count). The molecule has 4 N–H and O–H groups in total. The van der Waals surface area contributed by atoms with E-state index in [-0.39, 0.29) is 18.6 Å². The van der Waals surface area contributed by atoms with Crippen LogP contribution in [0.4, 0.5) is 9.59 Å². The summed E-state index contributed by atoms with van der Waals surface area (Å²) in [6, 6.07) is -0.564. The fourth-order valence-corrected chi connectivity index (χ4v) is 2.29. The minimum atomic E-state index is -1.15. The molecule has 0 aliphatic carbocycles. The molecular weight excluding hydrogens is 282 g/mol. The van der Waals surface area contributed by atoms with Gasteiger partial charge in [-0.3, -0.25) is 9.59 Å². The van der Waals surface area contributed by atoms with Crippen LogP contribution in [0.2, 0.25) is 0 Å². The molecule has 1 atom stereocenters. The third-order valence-electron chi connectivity index (χ3n) is 3.36. The molecule has 0 aromatic heterocycles. The van der Waals surface area contributed by atoms with Crippen LogP contribution in [-0.2, 0) is 9.59 Å². The van der Waals surface area contributed by atoms with E-state index < -0.39 is 24.5 Å². The first-order valence-electron chi connectivity index (χ1n) is 6.53. The highest BCUT2D eigenvalue weighted by Crippen LogP contribution is 2.13. The summed E-state index contributed by atoms with van der Waals surface area (Å²) < 4.78 is 0. The number of carboxylic acid groups (broad SMARTS) is 1. The maximum atomic E-state index is 11.9. The summed E-state index contributed by atoms with van der Waals surface area (Å²) in [5.74, 6) is -1.72. The van der Waals surface area contributed by atoms with E-state index in [1.54, 1.807) is 4.90 Å². The summed E-state index contributed by atoms with van der Waals surface area (Å²) in [7, 11) is 0. The van der Waals surface area contributed by atoms with E-state index in [0.29, 0.717) is 26.2 Å². The lowest BCUT2D eigenvalue weighted by atomic mass is 10.2. The van der Waals surface area contributed by atoms with Crippen LogP contribution in [0.5, 0.6) is 0 Å². The molecule has 2 aliphatic rings. The molecular formula is C11H17N5O5. The van der Waals surface area contributed by atoms with Crippen LogP contribution >= 0.6 is 0 Å². The van der Waals surface area contributed by atoms with Crippen molar-refractivity contribution >= 4 is 23.9 Å². The Morgan fingerprint density at radius 1 is 1.24 bits per heavy atom. The Hall–Kier alpha value is -2.52. The molecule has 2 saturated heterocycles. The van der Waals surface area contributed by atoms with Gasteiger partial charge in [0.05, 0.1) is 12.6 Å². The first-order valence-corrected chi connectivity index (χ1v) is 6.53. The quantitative estimate of drug-likeness (QED) is 0.460. The number of nitrogens with zero attached hydrogens (tertiary/aromatic N) is 2. The predicted molar refractivity (Wildman–Crippen MR) is 69.5 cm³/mol. The molecule has 0 spiro atoms. The number of piperazine rings is 1. The SMILES string of the molecule is O=C(O)CNC(=O)CNC(=O)N1CCN2C(=O)NCC2C1. The van der Waals surface area contributed by atoms with Crippen LogP contribution in [0.15, 0.2) is 0 Å². The van der Waals surface area contributed by atoms with Gasteiger partial charge in [-0.25, -0.2) is 9.59 Å². The van der Waals surface area contributed by atoms with Crippen molar-refractivity contribution in [3.8, 4) is 0 Å². The summed E-state index contributed by atoms with van der Waals surface area (Å²) in [4.78, 5) is 48.1. The third-order valence-corrected chi connectivity index (χ3v) is 3.36. The van der Waals surface area contributed by atoms with Crippen LogP contribution in [-0.4, -0.2) is 84.2 Å². The maximum Gasteiger partial charge on any atom is 0.322 e. The van der Waals surface area contributed by atoms with Crippen molar-refractivity contribution in [2.24, 2.45) is 0 Å². The Balaban J connectivity index is 1.73. The van der Waals surface area contributed by atoms with Gasteiger partial charge in [-0.2, -0.15) is 0 Å². The standard InChI is InChI=1S/C11H17N5O5/c17-8(12-5-9(18)19)4-14-10(20)15-1-2-16-7(6-15)3-13-11(16)21/h7H,1-6H2,(H,12,17)(H,13,21)(H,14,20)(H,18,19). The number of urea groups is 2. The van der Waals surface area contributed by atoms with Crippen LogP contribution in [0.1, 0.15) is 0 Å². The lowest BCUT2D eigenvalue weighted by Crippen LogP contribution is -2.56. The van der Waals surface area contributed by atoms with Crippen molar-refractivity contribution in [2.75, 3.05) is 39.3 Å². The largest absolute Gasteiger partial charge is 0.480 e. The minimum absolute atomic E-state index is 0.0437. The zero-order chi connectivity index (χ0) is 15.4. The summed E-state index contributed by atoms with van der Waals surface area (Å²) >= 11 is 0. The Morgan fingerprint density at radius 3 is 2.71 bits per heavy atom. The highest BCUT2D eigenvalue weighted by molar-refractivity contribution is 5.86. The Kier molecular flexibility index (Phi) is 4.45. The first kappa shape index (κ1) is 14.9. The second-order valence-corrected chi connectivity index (χ2v) is 4.81. The highest BCUT2D eigenvalue weighted by atomic mass is 16.4.